The van der Waals surface area contributed by atoms with Gasteiger partial charge in [0.05, 0.1) is 17.7 Å². The van der Waals surface area contributed by atoms with Gasteiger partial charge in [0, 0.05) is 18.8 Å². The Morgan fingerprint density at radius 1 is 0.921 bits per heavy atom. The number of anilines is 1. The molecule has 4 aromatic rings. The monoisotopic (exact) mass is 511 g/mol. The fraction of sp³-hybridized carbons (Fsp3) is 0.233. The number of amides is 1. The van der Waals surface area contributed by atoms with Gasteiger partial charge in [-0.3, -0.25) is 9.69 Å². The van der Waals surface area contributed by atoms with Crippen molar-refractivity contribution in [3.8, 4) is 17.4 Å². The molecule has 0 aliphatic carbocycles. The van der Waals surface area contributed by atoms with Crippen LogP contribution in [0.1, 0.15) is 28.8 Å². The third-order valence-electron chi connectivity index (χ3n) is 6.47. The highest BCUT2D eigenvalue weighted by atomic mass is 16.5. The van der Waals surface area contributed by atoms with Crippen LogP contribution in [-0.4, -0.2) is 53.1 Å². The molecule has 194 valence electrons. The number of aromatic carboxylic acids is 1. The van der Waals surface area contributed by atoms with Crippen molar-refractivity contribution in [2.45, 2.75) is 19.3 Å². The minimum atomic E-state index is -1.10. The molecule has 1 aromatic heterocycles. The van der Waals surface area contributed by atoms with Crippen LogP contribution in [0.3, 0.4) is 0 Å². The summed E-state index contributed by atoms with van der Waals surface area (Å²) in [4.78, 5) is 30.5. The number of pyridine rings is 1. The number of ether oxygens (including phenoxy) is 2. The Balaban J connectivity index is 1.18. The second-order valence-electron chi connectivity index (χ2n) is 9.25. The first-order chi connectivity index (χ1) is 18.5. The highest BCUT2D eigenvalue weighted by Crippen LogP contribution is 2.28. The fourth-order valence-corrected chi connectivity index (χ4v) is 4.51. The predicted molar refractivity (Wildman–Crippen MR) is 145 cm³/mol. The van der Waals surface area contributed by atoms with Crippen LogP contribution in [0.2, 0.25) is 0 Å². The molecule has 1 saturated heterocycles. The Hall–Kier alpha value is -4.43. The van der Waals surface area contributed by atoms with Gasteiger partial charge in [0.2, 0.25) is 11.8 Å². The molecule has 2 N–H and O–H groups in total. The van der Waals surface area contributed by atoms with Crippen molar-refractivity contribution in [1.29, 1.82) is 0 Å². The first kappa shape index (κ1) is 25.2. The molecule has 1 amide bonds. The van der Waals surface area contributed by atoms with Crippen molar-refractivity contribution < 1.29 is 24.2 Å². The zero-order valence-corrected chi connectivity index (χ0v) is 20.9. The molecule has 2 heterocycles. The van der Waals surface area contributed by atoms with Crippen LogP contribution < -0.4 is 14.8 Å². The van der Waals surface area contributed by atoms with E-state index in [0.717, 1.165) is 36.2 Å². The number of likely N-dealkylation sites (tertiary alicyclic amines) is 1. The number of nitrogens with one attached hydrogen (secondary N) is 1. The summed E-state index contributed by atoms with van der Waals surface area (Å²) in [6.45, 7) is 3.93. The summed E-state index contributed by atoms with van der Waals surface area (Å²) in [7, 11) is 0. The lowest BCUT2D eigenvalue weighted by Gasteiger charge is -2.15. The molecular formula is C30H29N3O5. The Kier molecular flexibility index (Phi) is 7.80. The largest absolute Gasteiger partial charge is 0.492 e. The van der Waals surface area contributed by atoms with E-state index in [4.69, 9.17) is 9.47 Å². The minimum Gasteiger partial charge on any atom is -0.492 e. The molecule has 38 heavy (non-hydrogen) atoms. The number of carboxylic acids is 1. The maximum absolute atomic E-state index is 12.4. The smallest absolute Gasteiger partial charge is 0.337 e. The Morgan fingerprint density at radius 2 is 1.68 bits per heavy atom. The normalized spacial score (nSPS) is 13.4. The third kappa shape index (κ3) is 6.46. The number of hydrogen-bond acceptors (Lipinski definition) is 6. The second-order valence-corrected chi connectivity index (χ2v) is 9.25. The number of carboxylic acid groups (broad SMARTS) is 1. The van der Waals surface area contributed by atoms with Crippen LogP contribution in [0.4, 0.5) is 5.69 Å². The first-order valence-corrected chi connectivity index (χ1v) is 12.7. The van der Waals surface area contributed by atoms with Crippen molar-refractivity contribution in [3.05, 3.63) is 90.1 Å². The summed E-state index contributed by atoms with van der Waals surface area (Å²) in [6.07, 6.45) is 4.17. The van der Waals surface area contributed by atoms with Crippen LogP contribution in [0.25, 0.3) is 10.8 Å². The van der Waals surface area contributed by atoms with E-state index < -0.39 is 5.97 Å². The Morgan fingerprint density at radius 3 is 2.45 bits per heavy atom. The van der Waals surface area contributed by atoms with E-state index in [1.807, 2.05) is 36.4 Å². The van der Waals surface area contributed by atoms with Gasteiger partial charge in [-0.05, 0) is 78.7 Å². The third-order valence-corrected chi connectivity index (χ3v) is 6.47. The van der Waals surface area contributed by atoms with Crippen molar-refractivity contribution >= 4 is 28.3 Å². The summed E-state index contributed by atoms with van der Waals surface area (Å²) in [5.41, 5.74) is 0.977. The quantitative estimate of drug-likeness (QED) is 0.295. The Bertz CT molecular complexity index is 1430. The number of aromatic nitrogens is 1. The molecule has 0 unspecified atom stereocenters. The molecule has 0 atom stereocenters. The van der Waals surface area contributed by atoms with Crippen LogP contribution in [0.5, 0.6) is 17.4 Å². The second kappa shape index (κ2) is 11.7. The summed E-state index contributed by atoms with van der Waals surface area (Å²) in [5.74, 6) is 0.458. The highest BCUT2D eigenvalue weighted by Gasteiger charge is 2.13. The number of carbonyl (C=O) groups is 2. The molecule has 5 rings (SSSR count). The first-order valence-electron chi connectivity index (χ1n) is 12.7. The van der Waals surface area contributed by atoms with Gasteiger partial charge in [-0.25, -0.2) is 9.78 Å². The zero-order chi connectivity index (χ0) is 26.3. The van der Waals surface area contributed by atoms with Crippen molar-refractivity contribution in [1.82, 2.24) is 9.88 Å². The molecule has 1 fully saturated rings. The number of hydrogen-bond donors (Lipinski definition) is 2. The van der Waals surface area contributed by atoms with E-state index in [1.54, 1.807) is 36.5 Å². The van der Waals surface area contributed by atoms with E-state index in [2.05, 4.69) is 15.2 Å². The van der Waals surface area contributed by atoms with Crippen molar-refractivity contribution in [3.63, 3.8) is 0 Å². The van der Waals surface area contributed by atoms with Crippen LogP contribution >= 0.6 is 0 Å². The summed E-state index contributed by atoms with van der Waals surface area (Å²) in [6, 6.07) is 21.6. The van der Waals surface area contributed by atoms with Crippen LogP contribution in [0.15, 0.2) is 79.0 Å². The lowest BCUT2D eigenvalue weighted by molar-refractivity contribution is -0.115. The topological polar surface area (TPSA) is 101 Å². The number of benzene rings is 3. The van der Waals surface area contributed by atoms with Gasteiger partial charge in [0.25, 0.3) is 0 Å². The van der Waals surface area contributed by atoms with Crippen LogP contribution in [-0.2, 0) is 11.2 Å². The summed E-state index contributed by atoms with van der Waals surface area (Å²) < 4.78 is 11.9. The molecule has 0 bridgehead atoms. The zero-order valence-electron chi connectivity index (χ0n) is 20.9. The standard InChI is InChI=1S/C30H29N3O5/c34-28(32-27-6-2-1-5-26(27)30(35)36)17-21-7-12-29(31-20-21)38-25-11-9-22-8-10-24(18-23(22)19-25)37-16-15-33-13-3-4-14-33/h1-2,5-12,18-20H,3-4,13-17H2,(H,32,34)(H,35,36). The summed E-state index contributed by atoms with van der Waals surface area (Å²) in [5, 5.41) is 14.0. The van der Waals surface area contributed by atoms with Gasteiger partial charge in [-0.1, -0.05) is 30.3 Å². The average Bonchev–Trinajstić information content (AvgIpc) is 3.43. The Labute approximate surface area is 220 Å². The van der Waals surface area contributed by atoms with E-state index in [-0.39, 0.29) is 23.6 Å². The van der Waals surface area contributed by atoms with Gasteiger partial charge >= 0.3 is 5.97 Å². The number of rotatable bonds is 10. The highest BCUT2D eigenvalue weighted by molar-refractivity contribution is 6.01. The van der Waals surface area contributed by atoms with E-state index >= 15 is 0 Å². The average molecular weight is 512 g/mol. The molecule has 3 aromatic carbocycles. The van der Waals surface area contributed by atoms with Gasteiger partial charge in [0.1, 0.15) is 18.1 Å². The summed E-state index contributed by atoms with van der Waals surface area (Å²) >= 11 is 0. The predicted octanol–water partition coefficient (Wildman–Crippen LogP) is 5.38. The van der Waals surface area contributed by atoms with Gasteiger partial charge in [-0.15, -0.1) is 0 Å². The minimum absolute atomic E-state index is 0.0406. The molecule has 0 radical (unpaired) electrons. The molecule has 0 saturated carbocycles. The number of nitrogens with zero attached hydrogens (tertiary/aromatic N) is 2. The van der Waals surface area contributed by atoms with E-state index in [9.17, 15) is 14.7 Å². The molecule has 8 nitrogen and oxygen atoms in total. The van der Waals surface area contributed by atoms with Gasteiger partial charge in [0.15, 0.2) is 0 Å². The maximum Gasteiger partial charge on any atom is 0.337 e. The number of para-hydroxylation sites is 1. The molecule has 0 spiro atoms. The maximum atomic E-state index is 12.4. The van der Waals surface area contributed by atoms with Crippen LogP contribution in [0, 0.1) is 0 Å². The lowest BCUT2D eigenvalue weighted by atomic mass is 10.1. The van der Waals surface area contributed by atoms with Crippen molar-refractivity contribution in [2.24, 2.45) is 0 Å². The molecule has 1 aliphatic heterocycles. The fourth-order valence-electron chi connectivity index (χ4n) is 4.51. The van der Waals surface area contributed by atoms with Crippen molar-refractivity contribution in [2.75, 3.05) is 31.6 Å². The SMILES string of the molecule is O=C(Cc1ccc(Oc2ccc3ccc(OCCN4CCCC4)cc3c2)nc1)Nc1ccccc1C(=O)O. The molecular weight excluding hydrogens is 482 g/mol. The molecule has 8 heteroatoms. The van der Waals surface area contributed by atoms with Gasteiger partial charge in [-0.2, -0.15) is 0 Å². The van der Waals surface area contributed by atoms with E-state index in [1.165, 1.54) is 18.9 Å². The lowest BCUT2D eigenvalue weighted by Crippen LogP contribution is -2.25. The number of carbonyl (C=O) groups excluding carboxylic acids is 1. The molecule has 1 aliphatic rings. The number of fused-ring (bicyclic) bond motifs is 1. The van der Waals surface area contributed by atoms with Gasteiger partial charge < -0.3 is 19.9 Å². The van der Waals surface area contributed by atoms with E-state index in [0.29, 0.717) is 23.8 Å².